The summed E-state index contributed by atoms with van der Waals surface area (Å²) in [6.45, 7) is 1.86. The Morgan fingerprint density at radius 1 is 1.26 bits per heavy atom. The normalized spacial score (nSPS) is 10.5. The summed E-state index contributed by atoms with van der Waals surface area (Å²) in [5.41, 5.74) is 0.741. The van der Waals surface area contributed by atoms with Crippen LogP contribution in [0.2, 0.25) is 0 Å². The zero-order valence-electron chi connectivity index (χ0n) is 12.3. The van der Waals surface area contributed by atoms with Gasteiger partial charge in [-0.1, -0.05) is 21.6 Å². The van der Waals surface area contributed by atoms with Crippen molar-refractivity contribution in [3.8, 4) is 22.3 Å². The first-order chi connectivity index (χ1) is 11.1. The van der Waals surface area contributed by atoms with Gasteiger partial charge in [0.25, 0.3) is 5.19 Å². The number of carbonyl (C=O) groups is 1. The van der Waals surface area contributed by atoms with E-state index in [0.717, 1.165) is 10.6 Å². The molecule has 3 rings (SSSR count). The quantitative estimate of drug-likeness (QED) is 0.657. The molecule has 0 unspecified atom stereocenters. The molecule has 0 spiro atoms. The van der Waals surface area contributed by atoms with Gasteiger partial charge in [0.15, 0.2) is 0 Å². The number of nitrogens with zero attached hydrogens (tertiary/aromatic N) is 4. The average Bonchev–Trinajstić information content (AvgIpc) is 3.17. The summed E-state index contributed by atoms with van der Waals surface area (Å²) >= 11 is 1.37. The van der Waals surface area contributed by atoms with Crippen LogP contribution >= 0.6 is 11.3 Å². The van der Waals surface area contributed by atoms with Crippen molar-refractivity contribution in [1.82, 2.24) is 20.3 Å². The van der Waals surface area contributed by atoms with Gasteiger partial charge in [-0.05, 0) is 31.2 Å². The fraction of sp³-hybridized carbons (Fsp3) is 0.214. The zero-order valence-corrected chi connectivity index (χ0v) is 13.2. The van der Waals surface area contributed by atoms with Gasteiger partial charge in [0.05, 0.1) is 7.11 Å². The Labute approximate surface area is 135 Å². The van der Waals surface area contributed by atoms with Crippen molar-refractivity contribution < 1.29 is 18.8 Å². The van der Waals surface area contributed by atoms with Crippen LogP contribution in [0.4, 0.5) is 0 Å². The SMILES string of the molecule is COC(=O)Cc1nc(-c2ccc(Oc3nnc(C)s3)cc2)no1. The van der Waals surface area contributed by atoms with Crippen LogP contribution in [-0.4, -0.2) is 33.4 Å². The minimum atomic E-state index is -0.434. The number of methoxy groups -OCH3 is 1. The molecule has 0 saturated heterocycles. The zero-order chi connectivity index (χ0) is 16.2. The molecule has 3 aromatic rings. The van der Waals surface area contributed by atoms with E-state index in [9.17, 15) is 4.79 Å². The van der Waals surface area contributed by atoms with Gasteiger partial charge in [0.2, 0.25) is 11.7 Å². The van der Waals surface area contributed by atoms with Crippen LogP contribution in [0.15, 0.2) is 28.8 Å². The highest BCUT2D eigenvalue weighted by Gasteiger charge is 2.13. The molecule has 8 nitrogen and oxygen atoms in total. The Morgan fingerprint density at radius 3 is 2.70 bits per heavy atom. The van der Waals surface area contributed by atoms with Crippen LogP contribution in [-0.2, 0) is 16.0 Å². The number of ether oxygens (including phenoxy) is 2. The fourth-order valence-electron chi connectivity index (χ4n) is 1.73. The van der Waals surface area contributed by atoms with Crippen LogP contribution in [0.25, 0.3) is 11.4 Å². The smallest absolute Gasteiger partial charge is 0.315 e. The molecule has 118 valence electrons. The first kappa shape index (κ1) is 15.1. The molecule has 0 saturated carbocycles. The van der Waals surface area contributed by atoms with Crippen LogP contribution in [0.1, 0.15) is 10.9 Å². The lowest BCUT2D eigenvalue weighted by Gasteiger charge is -2.01. The highest BCUT2D eigenvalue weighted by atomic mass is 32.1. The first-order valence-electron chi connectivity index (χ1n) is 6.62. The third-order valence-corrected chi connectivity index (χ3v) is 3.53. The number of aryl methyl sites for hydroxylation is 1. The maximum atomic E-state index is 11.2. The fourth-order valence-corrected chi connectivity index (χ4v) is 2.29. The maximum absolute atomic E-state index is 11.2. The van der Waals surface area contributed by atoms with E-state index < -0.39 is 5.97 Å². The first-order valence-corrected chi connectivity index (χ1v) is 7.43. The molecule has 0 aliphatic heterocycles. The van der Waals surface area contributed by atoms with E-state index in [1.165, 1.54) is 18.4 Å². The molecule has 1 aromatic carbocycles. The molecule has 0 radical (unpaired) electrons. The molecule has 0 fully saturated rings. The predicted octanol–water partition coefficient (Wildman–Crippen LogP) is 2.40. The van der Waals surface area contributed by atoms with E-state index in [2.05, 4.69) is 25.1 Å². The number of esters is 1. The van der Waals surface area contributed by atoms with Gasteiger partial charge in [-0.25, -0.2) is 0 Å². The van der Waals surface area contributed by atoms with Crippen molar-refractivity contribution in [3.05, 3.63) is 35.2 Å². The standard InChI is InChI=1S/C14H12N4O4S/c1-8-16-17-14(23-8)21-10-5-3-9(4-6-10)13-15-11(22-18-13)7-12(19)20-2/h3-6H,7H2,1-2H3. The Balaban J connectivity index is 1.70. The molecule has 0 atom stereocenters. The number of hydrogen-bond acceptors (Lipinski definition) is 9. The topological polar surface area (TPSA) is 100 Å². The van der Waals surface area contributed by atoms with Gasteiger partial charge in [-0.15, -0.1) is 5.10 Å². The van der Waals surface area contributed by atoms with E-state index in [1.54, 1.807) is 24.3 Å². The highest BCUT2D eigenvalue weighted by Crippen LogP contribution is 2.26. The minimum absolute atomic E-state index is 0.0545. The van der Waals surface area contributed by atoms with Crippen molar-refractivity contribution in [3.63, 3.8) is 0 Å². The van der Waals surface area contributed by atoms with Crippen molar-refractivity contribution in [1.29, 1.82) is 0 Å². The number of hydrogen-bond donors (Lipinski definition) is 0. The predicted molar refractivity (Wildman–Crippen MR) is 80.2 cm³/mol. The highest BCUT2D eigenvalue weighted by molar-refractivity contribution is 7.13. The summed E-state index contributed by atoms with van der Waals surface area (Å²) in [5.74, 6) is 0.790. The van der Waals surface area contributed by atoms with Crippen LogP contribution in [0.5, 0.6) is 10.9 Å². The van der Waals surface area contributed by atoms with Crippen molar-refractivity contribution >= 4 is 17.3 Å². The number of rotatable bonds is 5. The summed E-state index contributed by atoms with van der Waals surface area (Å²) in [5, 5.41) is 12.9. The Bertz CT molecular complexity index is 812. The molecule has 9 heteroatoms. The Kier molecular flexibility index (Phi) is 4.29. The lowest BCUT2D eigenvalue weighted by molar-refractivity contribution is -0.140. The second kappa shape index (κ2) is 6.53. The summed E-state index contributed by atoms with van der Waals surface area (Å²) in [7, 11) is 1.30. The molecule has 0 aliphatic rings. The second-order valence-electron chi connectivity index (χ2n) is 4.48. The number of carbonyl (C=O) groups excluding carboxylic acids is 1. The summed E-state index contributed by atoms with van der Waals surface area (Å²) < 4.78 is 15.1. The Morgan fingerprint density at radius 2 is 2.04 bits per heavy atom. The molecule has 0 aliphatic carbocycles. The van der Waals surface area contributed by atoms with Gasteiger partial charge in [0, 0.05) is 5.56 Å². The van der Waals surface area contributed by atoms with E-state index in [0.29, 0.717) is 16.8 Å². The minimum Gasteiger partial charge on any atom is -0.469 e. The number of benzene rings is 1. The molecule has 0 amide bonds. The van der Waals surface area contributed by atoms with E-state index in [-0.39, 0.29) is 12.3 Å². The molecular weight excluding hydrogens is 320 g/mol. The average molecular weight is 332 g/mol. The molecule has 0 N–H and O–H groups in total. The third kappa shape index (κ3) is 3.69. The second-order valence-corrected chi connectivity index (χ2v) is 5.62. The van der Waals surface area contributed by atoms with Crippen molar-refractivity contribution in [2.75, 3.05) is 7.11 Å². The summed E-state index contributed by atoms with van der Waals surface area (Å²) in [4.78, 5) is 15.3. The Hall–Kier alpha value is -2.81. The van der Waals surface area contributed by atoms with Crippen molar-refractivity contribution in [2.24, 2.45) is 0 Å². The molecular formula is C14H12N4O4S. The van der Waals surface area contributed by atoms with Gasteiger partial charge in [-0.2, -0.15) is 4.98 Å². The van der Waals surface area contributed by atoms with E-state index in [1.807, 2.05) is 6.92 Å². The summed E-state index contributed by atoms with van der Waals surface area (Å²) in [6.07, 6.45) is -0.0545. The van der Waals surface area contributed by atoms with Gasteiger partial charge in [0.1, 0.15) is 17.2 Å². The van der Waals surface area contributed by atoms with E-state index >= 15 is 0 Å². The third-order valence-electron chi connectivity index (χ3n) is 2.82. The molecule has 2 aromatic heterocycles. The van der Waals surface area contributed by atoms with Gasteiger partial charge in [-0.3, -0.25) is 4.79 Å². The lowest BCUT2D eigenvalue weighted by Crippen LogP contribution is -2.04. The molecule has 23 heavy (non-hydrogen) atoms. The van der Waals surface area contributed by atoms with Crippen molar-refractivity contribution in [2.45, 2.75) is 13.3 Å². The molecule has 2 heterocycles. The maximum Gasteiger partial charge on any atom is 0.315 e. The van der Waals surface area contributed by atoms with E-state index in [4.69, 9.17) is 9.26 Å². The number of aromatic nitrogens is 4. The van der Waals surface area contributed by atoms with Gasteiger partial charge < -0.3 is 14.0 Å². The largest absolute Gasteiger partial charge is 0.469 e. The molecule has 0 bridgehead atoms. The van der Waals surface area contributed by atoms with Crippen LogP contribution in [0.3, 0.4) is 0 Å². The van der Waals surface area contributed by atoms with Crippen LogP contribution in [0, 0.1) is 6.92 Å². The van der Waals surface area contributed by atoms with Crippen LogP contribution < -0.4 is 4.74 Å². The lowest BCUT2D eigenvalue weighted by atomic mass is 10.2. The monoisotopic (exact) mass is 332 g/mol. The summed E-state index contributed by atoms with van der Waals surface area (Å²) in [6, 6.07) is 7.11. The van der Waals surface area contributed by atoms with Gasteiger partial charge >= 0.3 is 5.97 Å².